The maximum atomic E-state index is 11.3. The molecule has 3 N–H and O–H groups in total. The molecule has 1 aliphatic rings. The number of rotatable bonds is 6. The Morgan fingerprint density at radius 3 is 2.42 bits per heavy atom. The van der Waals surface area contributed by atoms with Crippen molar-refractivity contribution < 1.29 is 4.79 Å². The first kappa shape index (κ1) is 18.7. The van der Waals surface area contributed by atoms with Crippen LogP contribution in [-0.2, 0) is 6.42 Å². The largest absolute Gasteiger partial charge is 0.366 e. The third kappa shape index (κ3) is 4.95. The highest BCUT2D eigenvalue weighted by atomic mass is 16.1. The van der Waals surface area contributed by atoms with Crippen molar-refractivity contribution in [3.8, 4) is 11.1 Å². The lowest BCUT2D eigenvalue weighted by Gasteiger charge is -2.34. The van der Waals surface area contributed by atoms with Crippen LogP contribution in [0, 0.1) is 5.41 Å². The highest BCUT2D eigenvalue weighted by Crippen LogP contribution is 2.34. The van der Waals surface area contributed by atoms with E-state index < -0.39 is 0 Å². The van der Waals surface area contributed by atoms with E-state index in [2.05, 4.69) is 43.4 Å². The van der Waals surface area contributed by atoms with E-state index in [1.165, 1.54) is 31.2 Å². The molecule has 0 atom stereocenters. The third-order valence-corrected chi connectivity index (χ3v) is 5.62. The molecule has 0 aromatic heterocycles. The summed E-state index contributed by atoms with van der Waals surface area (Å²) < 4.78 is 0. The van der Waals surface area contributed by atoms with E-state index in [1.807, 2.05) is 18.2 Å². The predicted molar refractivity (Wildman–Crippen MR) is 108 cm³/mol. The number of benzene rings is 2. The molecule has 3 rings (SSSR count). The van der Waals surface area contributed by atoms with Crippen LogP contribution in [0.5, 0.6) is 0 Å². The first-order valence-electron chi connectivity index (χ1n) is 9.65. The molecule has 0 spiro atoms. The zero-order valence-electron chi connectivity index (χ0n) is 15.9. The number of hydrogen-bond acceptors (Lipinski definition) is 2. The first-order chi connectivity index (χ1) is 12.4. The maximum Gasteiger partial charge on any atom is 0.248 e. The molecule has 0 heterocycles. The molecule has 0 bridgehead atoms. The van der Waals surface area contributed by atoms with Crippen molar-refractivity contribution in [1.82, 2.24) is 5.32 Å². The average molecular weight is 351 g/mol. The van der Waals surface area contributed by atoms with Crippen molar-refractivity contribution in [2.24, 2.45) is 11.1 Å². The van der Waals surface area contributed by atoms with Crippen LogP contribution >= 0.6 is 0 Å². The van der Waals surface area contributed by atoms with Crippen LogP contribution in [0.1, 0.15) is 55.5 Å². The van der Waals surface area contributed by atoms with Crippen molar-refractivity contribution in [1.29, 1.82) is 0 Å². The Labute approximate surface area is 157 Å². The smallest absolute Gasteiger partial charge is 0.248 e. The summed E-state index contributed by atoms with van der Waals surface area (Å²) in [5.41, 5.74) is 9.92. The Morgan fingerprint density at radius 1 is 1.08 bits per heavy atom. The van der Waals surface area contributed by atoms with Gasteiger partial charge in [-0.25, -0.2) is 0 Å². The van der Waals surface area contributed by atoms with Gasteiger partial charge in [0.1, 0.15) is 0 Å². The van der Waals surface area contributed by atoms with Crippen molar-refractivity contribution in [3.63, 3.8) is 0 Å². The van der Waals surface area contributed by atoms with E-state index in [0.29, 0.717) is 17.0 Å². The predicted octanol–water partition coefficient (Wildman–Crippen LogP) is 4.55. The average Bonchev–Trinajstić information content (AvgIpc) is 2.64. The van der Waals surface area contributed by atoms with Crippen LogP contribution < -0.4 is 11.1 Å². The molecule has 26 heavy (non-hydrogen) atoms. The molecule has 2 aromatic rings. The summed E-state index contributed by atoms with van der Waals surface area (Å²) in [5.74, 6) is -0.388. The summed E-state index contributed by atoms with van der Waals surface area (Å²) in [6.45, 7) is 5.79. The lowest BCUT2D eigenvalue weighted by molar-refractivity contribution is 0.100. The van der Waals surface area contributed by atoms with Crippen LogP contribution in [0.15, 0.2) is 48.5 Å². The van der Waals surface area contributed by atoms with E-state index in [0.717, 1.165) is 24.1 Å². The molecule has 0 unspecified atom stereocenters. The van der Waals surface area contributed by atoms with Crippen LogP contribution in [0.2, 0.25) is 0 Å². The van der Waals surface area contributed by atoms with Crippen molar-refractivity contribution in [2.45, 2.75) is 52.0 Å². The minimum absolute atomic E-state index is 0.388. The monoisotopic (exact) mass is 350 g/mol. The summed E-state index contributed by atoms with van der Waals surface area (Å²) in [4.78, 5) is 11.3. The molecule has 0 saturated heterocycles. The highest BCUT2D eigenvalue weighted by molar-refractivity contribution is 5.94. The zero-order chi connectivity index (χ0) is 18.6. The molecule has 138 valence electrons. The first-order valence-corrected chi connectivity index (χ1v) is 9.65. The molecular weight excluding hydrogens is 320 g/mol. The molecule has 1 saturated carbocycles. The van der Waals surface area contributed by atoms with Crippen LogP contribution in [0.25, 0.3) is 11.1 Å². The second kappa shape index (κ2) is 8.05. The van der Waals surface area contributed by atoms with Gasteiger partial charge in [0.2, 0.25) is 5.91 Å². The fourth-order valence-electron chi connectivity index (χ4n) is 3.74. The van der Waals surface area contributed by atoms with Gasteiger partial charge in [0, 0.05) is 11.6 Å². The van der Waals surface area contributed by atoms with E-state index >= 15 is 0 Å². The second-order valence-corrected chi connectivity index (χ2v) is 8.28. The zero-order valence-corrected chi connectivity index (χ0v) is 15.9. The van der Waals surface area contributed by atoms with Gasteiger partial charge >= 0.3 is 0 Å². The number of amides is 1. The fourth-order valence-corrected chi connectivity index (χ4v) is 3.74. The minimum Gasteiger partial charge on any atom is -0.366 e. The summed E-state index contributed by atoms with van der Waals surface area (Å²) in [6.07, 6.45) is 6.28. The Balaban J connectivity index is 1.52. The second-order valence-electron chi connectivity index (χ2n) is 8.28. The Kier molecular flexibility index (Phi) is 5.77. The third-order valence-electron chi connectivity index (χ3n) is 5.62. The molecule has 1 amide bonds. The summed E-state index contributed by atoms with van der Waals surface area (Å²) in [5, 5.41) is 3.72. The van der Waals surface area contributed by atoms with Crippen molar-refractivity contribution >= 4 is 5.91 Å². The number of primary amides is 1. The molecule has 3 heteroatoms. The normalized spacial score (nSPS) is 17.2. The van der Waals surface area contributed by atoms with E-state index in [-0.39, 0.29) is 5.91 Å². The van der Waals surface area contributed by atoms with Gasteiger partial charge in [-0.2, -0.15) is 0 Å². The van der Waals surface area contributed by atoms with E-state index in [1.54, 1.807) is 6.07 Å². The van der Waals surface area contributed by atoms with Crippen molar-refractivity contribution in [3.05, 3.63) is 59.7 Å². The van der Waals surface area contributed by atoms with Gasteiger partial charge in [0.15, 0.2) is 0 Å². The minimum atomic E-state index is -0.388. The number of carbonyl (C=O) groups excluding carboxylic acids is 1. The quantitative estimate of drug-likeness (QED) is 0.803. The number of nitrogens with two attached hydrogens (primary N) is 1. The van der Waals surface area contributed by atoms with Gasteiger partial charge in [-0.15, -0.1) is 0 Å². The molecule has 2 aromatic carbocycles. The number of carbonyl (C=O) groups is 1. The lowest BCUT2D eigenvalue weighted by atomic mass is 9.75. The molecular formula is C23H30N2O. The lowest BCUT2D eigenvalue weighted by Crippen LogP contribution is -2.36. The topological polar surface area (TPSA) is 55.1 Å². The molecule has 1 aliphatic carbocycles. The van der Waals surface area contributed by atoms with E-state index in [9.17, 15) is 4.79 Å². The number of nitrogens with one attached hydrogen (secondary N) is 1. The SMILES string of the molecule is CC1(C)CCC(NCCc2ccc(-c3cccc(C(N)=O)c3)cc2)CC1. The molecule has 0 radical (unpaired) electrons. The highest BCUT2D eigenvalue weighted by Gasteiger charge is 2.26. The number of hydrogen-bond donors (Lipinski definition) is 2. The Hall–Kier alpha value is -2.13. The van der Waals surface area contributed by atoms with Crippen LogP contribution in [-0.4, -0.2) is 18.5 Å². The summed E-state index contributed by atoms with van der Waals surface area (Å²) >= 11 is 0. The Morgan fingerprint density at radius 2 is 1.77 bits per heavy atom. The maximum absolute atomic E-state index is 11.3. The molecule has 1 fully saturated rings. The van der Waals surface area contributed by atoms with Gasteiger partial charge in [0.25, 0.3) is 0 Å². The molecule has 0 aliphatic heterocycles. The fraction of sp³-hybridized carbons (Fsp3) is 0.435. The van der Waals surface area contributed by atoms with E-state index in [4.69, 9.17) is 5.73 Å². The van der Waals surface area contributed by atoms with Crippen LogP contribution in [0.3, 0.4) is 0 Å². The van der Waals surface area contributed by atoms with Crippen molar-refractivity contribution in [2.75, 3.05) is 6.54 Å². The van der Waals surface area contributed by atoms with Gasteiger partial charge in [-0.1, -0.05) is 50.2 Å². The van der Waals surface area contributed by atoms with Gasteiger partial charge in [0.05, 0.1) is 0 Å². The van der Waals surface area contributed by atoms with Gasteiger partial charge in [-0.05, 0) is 72.9 Å². The Bertz CT molecular complexity index is 739. The van der Waals surface area contributed by atoms with Gasteiger partial charge < -0.3 is 11.1 Å². The van der Waals surface area contributed by atoms with Crippen LogP contribution in [0.4, 0.5) is 0 Å². The standard InChI is InChI=1S/C23H30N2O/c1-23(2)13-10-21(11-14-23)25-15-12-17-6-8-18(9-7-17)19-4-3-5-20(16-19)22(24)26/h3-9,16,21,25H,10-15H2,1-2H3,(H2,24,26). The van der Waals surface area contributed by atoms with Gasteiger partial charge in [-0.3, -0.25) is 4.79 Å². The summed E-state index contributed by atoms with van der Waals surface area (Å²) in [7, 11) is 0. The summed E-state index contributed by atoms with van der Waals surface area (Å²) in [6, 6.07) is 16.8. The molecule has 3 nitrogen and oxygen atoms in total.